The van der Waals surface area contributed by atoms with Crippen LogP contribution in [0.15, 0.2) is 57.0 Å². The largest absolute Gasteiger partial charge is 0.493 e. The van der Waals surface area contributed by atoms with E-state index < -0.39 is 16.0 Å². The van der Waals surface area contributed by atoms with Crippen LogP contribution in [0.3, 0.4) is 0 Å². The maximum atomic E-state index is 12.7. The van der Waals surface area contributed by atoms with Crippen LogP contribution in [0.4, 0.5) is 0 Å². The molecule has 1 amide bonds. The fraction of sp³-hybridized carbons (Fsp3) is 0.217. The third-order valence-electron chi connectivity index (χ3n) is 5.03. The lowest BCUT2D eigenvalue weighted by atomic mass is 10.1. The summed E-state index contributed by atoms with van der Waals surface area (Å²) in [7, 11) is -2.84. The summed E-state index contributed by atoms with van der Waals surface area (Å²) in [6.45, 7) is 5.76. The number of ether oxygens (including phenoxy) is 1. The summed E-state index contributed by atoms with van der Waals surface area (Å²) in [5, 5.41) is 15.2. The molecule has 0 atom stereocenters. The Labute approximate surface area is 212 Å². The molecule has 0 radical (unpaired) electrons. The van der Waals surface area contributed by atoms with E-state index in [9.17, 15) is 13.2 Å². The van der Waals surface area contributed by atoms with E-state index in [4.69, 9.17) is 25.9 Å². The van der Waals surface area contributed by atoms with Crippen LogP contribution in [0, 0.1) is 18.3 Å². The number of carbonyl (C=O) groups is 1. The van der Waals surface area contributed by atoms with Crippen LogP contribution < -0.4 is 8.92 Å². The van der Waals surface area contributed by atoms with Crippen molar-refractivity contribution >= 4 is 61.5 Å². The van der Waals surface area contributed by atoms with Crippen LogP contribution in [0.5, 0.6) is 11.5 Å². The Kier molecular flexibility index (Phi) is 6.76. The first kappa shape index (κ1) is 25.0. The Morgan fingerprint density at radius 3 is 2.51 bits per heavy atom. The zero-order valence-corrected chi connectivity index (χ0v) is 21.6. The van der Waals surface area contributed by atoms with Crippen molar-refractivity contribution in [2.24, 2.45) is 16.0 Å². The summed E-state index contributed by atoms with van der Waals surface area (Å²) in [5.41, 5.74) is 1.29. The van der Waals surface area contributed by atoms with Crippen LogP contribution in [-0.2, 0) is 14.9 Å². The van der Waals surface area contributed by atoms with Gasteiger partial charge in [0.1, 0.15) is 9.94 Å². The van der Waals surface area contributed by atoms with Crippen molar-refractivity contribution in [1.29, 1.82) is 5.41 Å². The second-order valence-electron chi connectivity index (χ2n) is 8.00. The zero-order valence-electron chi connectivity index (χ0n) is 19.2. The number of amidine groups is 2. The summed E-state index contributed by atoms with van der Waals surface area (Å²) in [5.74, 6) is -0.748. The number of methoxy groups -OCH3 is 1. The second-order valence-corrected chi connectivity index (χ2v) is 10.9. The third-order valence-corrected chi connectivity index (χ3v) is 7.75. The van der Waals surface area contributed by atoms with Gasteiger partial charge in [-0.05, 0) is 54.6 Å². The standard InChI is InChI=1S/C23H21ClN4O5S2/c1-12(2)22-27-28-20(25)16(21(29)26-23(28)34-22)9-14-10-17(24)19(18(11-14)32-4)33-35(30,31)15-7-5-13(3)6-8-15/h5-12,25H,1-4H3. The Hall–Kier alpha value is -3.15. The van der Waals surface area contributed by atoms with E-state index in [-0.39, 0.29) is 38.7 Å². The van der Waals surface area contributed by atoms with Gasteiger partial charge in [-0.25, -0.2) is 0 Å². The first-order chi connectivity index (χ1) is 16.5. The summed E-state index contributed by atoms with van der Waals surface area (Å²) in [4.78, 5) is 16.7. The summed E-state index contributed by atoms with van der Waals surface area (Å²) in [6, 6.07) is 9.05. The molecule has 35 heavy (non-hydrogen) atoms. The van der Waals surface area contributed by atoms with E-state index in [1.54, 1.807) is 12.1 Å². The lowest BCUT2D eigenvalue weighted by Gasteiger charge is -2.20. The molecule has 0 aliphatic carbocycles. The molecular formula is C23H21ClN4O5S2. The number of benzene rings is 2. The van der Waals surface area contributed by atoms with Gasteiger partial charge in [0.25, 0.3) is 5.91 Å². The highest BCUT2D eigenvalue weighted by molar-refractivity contribution is 8.27. The molecule has 0 aromatic heterocycles. The van der Waals surface area contributed by atoms with Crippen LogP contribution in [0.2, 0.25) is 5.02 Å². The number of aliphatic imine (C=N–C) groups is 1. The molecule has 0 spiro atoms. The number of amides is 1. The fourth-order valence-electron chi connectivity index (χ4n) is 3.17. The number of fused-ring (bicyclic) bond motifs is 1. The number of thioether (sulfide) groups is 1. The molecule has 1 N–H and O–H groups in total. The van der Waals surface area contributed by atoms with Gasteiger partial charge in [-0.1, -0.05) is 43.1 Å². The molecule has 2 aromatic carbocycles. The van der Waals surface area contributed by atoms with Crippen LogP contribution >= 0.6 is 23.4 Å². The highest BCUT2D eigenvalue weighted by Crippen LogP contribution is 2.39. The number of hydrazone groups is 1. The van der Waals surface area contributed by atoms with Crippen molar-refractivity contribution in [3.8, 4) is 11.5 Å². The van der Waals surface area contributed by atoms with Gasteiger partial charge in [-0.15, -0.1) is 0 Å². The Bertz CT molecular complexity index is 1430. The van der Waals surface area contributed by atoms with Crippen molar-refractivity contribution in [3.05, 3.63) is 58.1 Å². The van der Waals surface area contributed by atoms with E-state index in [1.165, 1.54) is 54.2 Å². The van der Waals surface area contributed by atoms with Crippen LogP contribution in [-0.4, -0.2) is 42.5 Å². The van der Waals surface area contributed by atoms with Gasteiger partial charge >= 0.3 is 10.1 Å². The Morgan fingerprint density at radius 2 is 1.89 bits per heavy atom. The minimum atomic E-state index is -4.17. The van der Waals surface area contributed by atoms with E-state index in [2.05, 4.69) is 10.1 Å². The number of carbonyl (C=O) groups excluding carboxylic acids is 1. The number of nitrogens with one attached hydrogen (secondary N) is 1. The highest BCUT2D eigenvalue weighted by atomic mass is 35.5. The van der Waals surface area contributed by atoms with Crippen molar-refractivity contribution < 1.29 is 22.1 Å². The predicted octanol–water partition coefficient (Wildman–Crippen LogP) is 4.70. The van der Waals surface area contributed by atoms with Crippen molar-refractivity contribution in [2.45, 2.75) is 25.7 Å². The first-order valence-electron chi connectivity index (χ1n) is 10.4. The predicted molar refractivity (Wildman–Crippen MR) is 137 cm³/mol. The molecule has 182 valence electrons. The first-order valence-corrected chi connectivity index (χ1v) is 13.0. The number of nitrogens with zero attached hydrogens (tertiary/aromatic N) is 3. The maximum absolute atomic E-state index is 12.7. The summed E-state index contributed by atoms with van der Waals surface area (Å²) in [6.07, 6.45) is 1.42. The minimum absolute atomic E-state index is 0.00201. The van der Waals surface area contributed by atoms with Gasteiger partial charge in [0.2, 0.25) is 10.9 Å². The van der Waals surface area contributed by atoms with E-state index >= 15 is 0 Å². The molecule has 0 unspecified atom stereocenters. The van der Waals surface area contributed by atoms with Gasteiger partial charge in [-0.3, -0.25) is 10.2 Å². The summed E-state index contributed by atoms with van der Waals surface area (Å²) < 4.78 is 36.1. The monoisotopic (exact) mass is 532 g/mol. The molecule has 0 fully saturated rings. The molecule has 9 nitrogen and oxygen atoms in total. The van der Waals surface area contributed by atoms with Gasteiger partial charge in [0, 0.05) is 5.92 Å². The number of hydrogen-bond donors (Lipinski definition) is 1. The molecule has 2 aromatic rings. The third kappa shape index (κ3) is 4.97. The molecule has 0 saturated heterocycles. The second kappa shape index (κ2) is 9.48. The molecule has 0 bridgehead atoms. The van der Waals surface area contributed by atoms with E-state index in [1.807, 2.05) is 20.8 Å². The quantitative estimate of drug-likeness (QED) is 0.422. The molecule has 0 saturated carbocycles. The van der Waals surface area contributed by atoms with Crippen LogP contribution in [0.25, 0.3) is 6.08 Å². The van der Waals surface area contributed by atoms with Crippen molar-refractivity contribution in [2.75, 3.05) is 7.11 Å². The summed E-state index contributed by atoms with van der Waals surface area (Å²) >= 11 is 7.62. The highest BCUT2D eigenvalue weighted by Gasteiger charge is 2.36. The number of halogens is 1. The topological polar surface area (TPSA) is 121 Å². The number of rotatable bonds is 6. The molecule has 4 rings (SSSR count). The van der Waals surface area contributed by atoms with Gasteiger partial charge in [0.05, 0.1) is 17.7 Å². The van der Waals surface area contributed by atoms with Crippen molar-refractivity contribution in [3.63, 3.8) is 0 Å². The SMILES string of the molecule is COc1cc(C=C2C(=N)N3N=C(C(C)C)SC3=NC2=O)cc(Cl)c1OS(=O)(=O)c1ccc(C)cc1. The average Bonchev–Trinajstić information content (AvgIpc) is 3.23. The fourth-order valence-corrected chi connectivity index (χ4v) is 5.33. The lowest BCUT2D eigenvalue weighted by Crippen LogP contribution is -2.35. The molecule has 2 aliphatic rings. The van der Waals surface area contributed by atoms with E-state index in [0.717, 1.165) is 10.6 Å². The lowest BCUT2D eigenvalue weighted by molar-refractivity contribution is -0.114. The van der Waals surface area contributed by atoms with Gasteiger partial charge < -0.3 is 8.92 Å². The molecule has 2 heterocycles. The van der Waals surface area contributed by atoms with Gasteiger partial charge in [-0.2, -0.15) is 23.5 Å². The molecule has 12 heteroatoms. The maximum Gasteiger partial charge on any atom is 0.339 e. The zero-order chi connectivity index (χ0) is 25.5. The van der Waals surface area contributed by atoms with E-state index in [0.29, 0.717) is 10.7 Å². The van der Waals surface area contributed by atoms with Crippen molar-refractivity contribution in [1.82, 2.24) is 5.01 Å². The Morgan fingerprint density at radius 1 is 1.20 bits per heavy atom. The minimum Gasteiger partial charge on any atom is -0.493 e. The van der Waals surface area contributed by atoms with Gasteiger partial charge in [0.15, 0.2) is 11.6 Å². The molecular weight excluding hydrogens is 512 g/mol. The number of aryl methyl sites for hydroxylation is 1. The normalized spacial score (nSPS) is 17.0. The number of hydrogen-bond acceptors (Lipinski definition) is 8. The Balaban J connectivity index is 1.68. The average molecular weight is 533 g/mol. The molecule has 2 aliphatic heterocycles. The van der Waals surface area contributed by atoms with Crippen LogP contribution in [0.1, 0.15) is 25.0 Å². The smallest absolute Gasteiger partial charge is 0.339 e.